The van der Waals surface area contributed by atoms with E-state index < -0.39 is 5.41 Å². The highest BCUT2D eigenvalue weighted by atomic mass is 16.2. The Hall–Kier alpha value is -2.82. The molecule has 1 saturated heterocycles. The van der Waals surface area contributed by atoms with Crippen LogP contribution in [0.5, 0.6) is 0 Å². The van der Waals surface area contributed by atoms with Crippen molar-refractivity contribution in [3.8, 4) is 0 Å². The van der Waals surface area contributed by atoms with Crippen LogP contribution in [-0.2, 0) is 9.59 Å². The van der Waals surface area contributed by atoms with Crippen molar-refractivity contribution in [2.45, 2.75) is 47.0 Å². The number of amides is 2. The molecule has 1 heterocycles. The van der Waals surface area contributed by atoms with Crippen LogP contribution in [0, 0.1) is 19.3 Å². The predicted octanol–water partition coefficient (Wildman–Crippen LogP) is 4.90. The molecule has 2 amide bonds. The summed E-state index contributed by atoms with van der Waals surface area (Å²) in [6.07, 6.45) is 3.74. The third kappa shape index (κ3) is 5.17. The zero-order valence-electron chi connectivity index (χ0n) is 17.8. The third-order valence-corrected chi connectivity index (χ3v) is 5.46. The number of carbonyl (C=O) groups excluding carboxylic acids is 2. The highest BCUT2D eigenvalue weighted by Gasteiger charge is 2.36. The van der Waals surface area contributed by atoms with Crippen LogP contribution in [0.3, 0.4) is 0 Å². The molecule has 0 saturated carbocycles. The fraction of sp³-hybridized carbons (Fsp3) is 0.417. The number of anilines is 3. The lowest BCUT2D eigenvalue weighted by atomic mass is 9.90. The van der Waals surface area contributed by atoms with Gasteiger partial charge in [-0.1, -0.05) is 6.07 Å². The van der Waals surface area contributed by atoms with Crippen molar-refractivity contribution in [3.63, 3.8) is 0 Å². The monoisotopic (exact) mass is 393 g/mol. The minimum atomic E-state index is -1.21. The first kappa shape index (κ1) is 20.9. The van der Waals surface area contributed by atoms with E-state index in [9.17, 15) is 9.59 Å². The Morgan fingerprint density at radius 2 is 1.31 bits per heavy atom. The molecule has 0 spiro atoms. The number of piperidine rings is 1. The average molecular weight is 394 g/mol. The van der Waals surface area contributed by atoms with Gasteiger partial charge in [-0.2, -0.15) is 0 Å². The first-order valence-electron chi connectivity index (χ1n) is 10.3. The molecule has 0 bridgehead atoms. The van der Waals surface area contributed by atoms with Crippen LogP contribution in [0.4, 0.5) is 17.1 Å². The Labute approximate surface area is 173 Å². The summed E-state index contributed by atoms with van der Waals surface area (Å²) in [5.74, 6) is -0.657. The molecule has 2 aromatic rings. The second kappa shape index (κ2) is 8.68. The number of nitrogens with one attached hydrogen (secondary N) is 2. The molecule has 0 unspecified atom stereocenters. The minimum absolute atomic E-state index is 0.329. The van der Waals surface area contributed by atoms with Crippen molar-refractivity contribution in [2.75, 3.05) is 28.6 Å². The fourth-order valence-corrected chi connectivity index (χ4v) is 3.63. The van der Waals surface area contributed by atoms with Gasteiger partial charge in [-0.05, 0) is 94.5 Å². The van der Waals surface area contributed by atoms with Gasteiger partial charge in [-0.25, -0.2) is 0 Å². The molecule has 2 N–H and O–H groups in total. The number of carbonyl (C=O) groups is 2. The van der Waals surface area contributed by atoms with Gasteiger partial charge < -0.3 is 15.5 Å². The smallest absolute Gasteiger partial charge is 0.239 e. The molecule has 29 heavy (non-hydrogen) atoms. The Balaban J connectivity index is 1.64. The van der Waals surface area contributed by atoms with Gasteiger partial charge >= 0.3 is 0 Å². The van der Waals surface area contributed by atoms with Gasteiger partial charge in [-0.3, -0.25) is 9.59 Å². The molecular formula is C24H31N3O2. The molecule has 0 radical (unpaired) electrons. The fourth-order valence-electron chi connectivity index (χ4n) is 3.63. The van der Waals surface area contributed by atoms with Crippen molar-refractivity contribution >= 4 is 28.9 Å². The number of aryl methyl sites for hydroxylation is 2. The lowest BCUT2D eigenvalue weighted by Crippen LogP contribution is -2.41. The minimum Gasteiger partial charge on any atom is -0.372 e. The van der Waals surface area contributed by atoms with E-state index in [-0.39, 0.29) is 11.8 Å². The third-order valence-electron chi connectivity index (χ3n) is 5.46. The lowest BCUT2D eigenvalue weighted by molar-refractivity contribution is -0.135. The highest BCUT2D eigenvalue weighted by molar-refractivity contribution is 6.14. The molecule has 0 aliphatic carbocycles. The zero-order valence-corrected chi connectivity index (χ0v) is 17.8. The van der Waals surface area contributed by atoms with Crippen LogP contribution in [0.2, 0.25) is 0 Å². The van der Waals surface area contributed by atoms with Crippen LogP contribution in [-0.4, -0.2) is 24.9 Å². The van der Waals surface area contributed by atoms with E-state index in [2.05, 4.69) is 15.5 Å². The Morgan fingerprint density at radius 1 is 0.793 bits per heavy atom. The molecule has 0 aromatic heterocycles. The summed E-state index contributed by atoms with van der Waals surface area (Å²) in [7, 11) is 0. The van der Waals surface area contributed by atoms with Crippen molar-refractivity contribution in [3.05, 3.63) is 53.6 Å². The van der Waals surface area contributed by atoms with E-state index in [4.69, 9.17) is 0 Å². The summed E-state index contributed by atoms with van der Waals surface area (Å²) in [4.78, 5) is 27.9. The molecule has 3 rings (SSSR count). The highest BCUT2D eigenvalue weighted by Crippen LogP contribution is 2.25. The average Bonchev–Trinajstić information content (AvgIpc) is 2.68. The molecule has 1 aliphatic heterocycles. The maximum Gasteiger partial charge on any atom is 0.239 e. The molecule has 2 aromatic carbocycles. The van der Waals surface area contributed by atoms with Gasteiger partial charge in [0, 0.05) is 30.2 Å². The van der Waals surface area contributed by atoms with E-state index in [1.165, 1.54) is 24.9 Å². The van der Waals surface area contributed by atoms with Gasteiger partial charge in [0.2, 0.25) is 11.8 Å². The maximum absolute atomic E-state index is 12.8. The quantitative estimate of drug-likeness (QED) is 0.711. The van der Waals surface area contributed by atoms with Crippen LogP contribution in [0.25, 0.3) is 0 Å². The summed E-state index contributed by atoms with van der Waals surface area (Å²) >= 11 is 0. The molecular weight excluding hydrogens is 362 g/mol. The van der Waals surface area contributed by atoms with Gasteiger partial charge in [0.05, 0.1) is 0 Å². The van der Waals surface area contributed by atoms with Crippen LogP contribution < -0.4 is 15.5 Å². The van der Waals surface area contributed by atoms with Gasteiger partial charge in [0.15, 0.2) is 0 Å². The van der Waals surface area contributed by atoms with E-state index in [0.717, 1.165) is 24.2 Å². The molecule has 0 atom stereocenters. The number of hydrogen-bond donors (Lipinski definition) is 2. The van der Waals surface area contributed by atoms with Crippen molar-refractivity contribution in [1.82, 2.24) is 0 Å². The summed E-state index contributed by atoms with van der Waals surface area (Å²) in [5.41, 5.74) is 3.51. The van der Waals surface area contributed by atoms with Crippen LogP contribution in [0.1, 0.15) is 44.2 Å². The summed E-state index contributed by atoms with van der Waals surface area (Å²) < 4.78 is 0. The first-order valence-corrected chi connectivity index (χ1v) is 10.3. The van der Waals surface area contributed by atoms with E-state index in [1.54, 1.807) is 13.8 Å². The number of benzene rings is 2. The second-order valence-corrected chi connectivity index (χ2v) is 8.50. The number of nitrogens with zero attached hydrogens (tertiary/aromatic N) is 1. The topological polar surface area (TPSA) is 61.4 Å². The zero-order chi connectivity index (χ0) is 21.0. The Bertz CT molecular complexity index is 861. The molecule has 154 valence electrons. The lowest BCUT2D eigenvalue weighted by Gasteiger charge is -2.29. The molecule has 1 fully saturated rings. The molecule has 1 aliphatic rings. The largest absolute Gasteiger partial charge is 0.372 e. The maximum atomic E-state index is 12.8. The summed E-state index contributed by atoms with van der Waals surface area (Å²) in [6, 6.07) is 13.7. The Kier molecular flexibility index (Phi) is 6.26. The van der Waals surface area contributed by atoms with Gasteiger partial charge in [-0.15, -0.1) is 0 Å². The van der Waals surface area contributed by atoms with Gasteiger partial charge in [0.25, 0.3) is 0 Å². The first-order chi connectivity index (χ1) is 13.8. The second-order valence-electron chi connectivity index (χ2n) is 8.50. The van der Waals surface area contributed by atoms with Crippen LogP contribution in [0.15, 0.2) is 42.5 Å². The van der Waals surface area contributed by atoms with Gasteiger partial charge in [0.1, 0.15) is 5.41 Å². The summed E-state index contributed by atoms with van der Waals surface area (Å²) in [5, 5.41) is 5.76. The van der Waals surface area contributed by atoms with Crippen LogP contribution >= 0.6 is 0 Å². The molecule has 5 nitrogen and oxygen atoms in total. The van der Waals surface area contributed by atoms with Crippen molar-refractivity contribution in [1.29, 1.82) is 0 Å². The standard InChI is InChI=1S/C24H31N3O2/c1-17-14-18(2)16-20(15-17)26-23(29)24(3,4)22(28)25-19-8-10-21(11-9-19)27-12-6-5-7-13-27/h8-11,14-16H,5-7,12-13H2,1-4H3,(H,25,28)(H,26,29). The number of rotatable bonds is 5. The Morgan fingerprint density at radius 3 is 1.86 bits per heavy atom. The van der Waals surface area contributed by atoms with Crippen molar-refractivity contribution in [2.24, 2.45) is 5.41 Å². The van der Waals surface area contributed by atoms with E-state index >= 15 is 0 Å². The van der Waals surface area contributed by atoms with E-state index in [0.29, 0.717) is 11.4 Å². The van der Waals surface area contributed by atoms with E-state index in [1.807, 2.05) is 56.3 Å². The SMILES string of the molecule is Cc1cc(C)cc(NC(=O)C(C)(C)C(=O)Nc2ccc(N3CCCCC3)cc2)c1. The van der Waals surface area contributed by atoms with Crippen molar-refractivity contribution < 1.29 is 9.59 Å². The normalized spacial score (nSPS) is 14.4. The molecule has 5 heteroatoms. The summed E-state index contributed by atoms with van der Waals surface area (Å²) in [6.45, 7) is 9.40. The predicted molar refractivity (Wildman–Crippen MR) is 119 cm³/mol. The number of hydrogen-bond acceptors (Lipinski definition) is 3.